The van der Waals surface area contributed by atoms with E-state index in [4.69, 9.17) is 9.15 Å². The molecule has 96 valence electrons. The van der Waals surface area contributed by atoms with Crippen LogP contribution in [0, 0.1) is 5.82 Å². The summed E-state index contributed by atoms with van der Waals surface area (Å²) in [6, 6.07) is 6.50. The van der Waals surface area contributed by atoms with Crippen molar-refractivity contribution in [1.29, 1.82) is 0 Å². The SMILES string of the molecule is COc1cccc(CC(O)c2ccoc2Br)c1F. The maximum absolute atomic E-state index is 13.9. The summed E-state index contributed by atoms with van der Waals surface area (Å²) in [7, 11) is 1.41. The van der Waals surface area contributed by atoms with E-state index < -0.39 is 11.9 Å². The van der Waals surface area contributed by atoms with Crippen LogP contribution in [0.3, 0.4) is 0 Å². The Kier molecular flexibility index (Phi) is 4.04. The highest BCUT2D eigenvalue weighted by Gasteiger charge is 2.17. The molecule has 1 N–H and O–H groups in total. The normalized spacial score (nSPS) is 12.4. The molecule has 0 aliphatic rings. The van der Waals surface area contributed by atoms with Crippen LogP contribution >= 0.6 is 15.9 Å². The van der Waals surface area contributed by atoms with Crippen LogP contribution < -0.4 is 4.74 Å². The standard InChI is InChI=1S/C13H12BrFO3/c1-17-11-4-2-3-8(12(11)15)7-10(16)9-5-6-18-13(9)14/h2-6,10,16H,7H2,1H3. The summed E-state index contributed by atoms with van der Waals surface area (Å²) in [4.78, 5) is 0. The zero-order valence-corrected chi connectivity index (χ0v) is 11.3. The number of aliphatic hydroxyl groups excluding tert-OH is 1. The van der Waals surface area contributed by atoms with E-state index in [-0.39, 0.29) is 12.2 Å². The fraction of sp³-hybridized carbons (Fsp3) is 0.231. The van der Waals surface area contributed by atoms with Gasteiger partial charge in [-0.15, -0.1) is 0 Å². The van der Waals surface area contributed by atoms with E-state index in [2.05, 4.69) is 15.9 Å². The lowest BCUT2D eigenvalue weighted by Gasteiger charge is -2.11. The van der Waals surface area contributed by atoms with Crippen LogP contribution in [-0.2, 0) is 6.42 Å². The number of furan rings is 1. The molecule has 18 heavy (non-hydrogen) atoms. The highest BCUT2D eigenvalue weighted by molar-refractivity contribution is 9.10. The summed E-state index contributed by atoms with van der Waals surface area (Å²) >= 11 is 3.18. The topological polar surface area (TPSA) is 42.6 Å². The predicted octanol–water partition coefficient (Wildman–Crippen LogP) is 3.47. The van der Waals surface area contributed by atoms with Crippen molar-refractivity contribution in [3.63, 3.8) is 0 Å². The number of ether oxygens (including phenoxy) is 1. The Balaban J connectivity index is 2.22. The highest BCUT2D eigenvalue weighted by Crippen LogP contribution is 2.29. The first-order chi connectivity index (χ1) is 8.63. The average molecular weight is 315 g/mol. The van der Waals surface area contributed by atoms with Gasteiger partial charge in [0, 0.05) is 12.0 Å². The van der Waals surface area contributed by atoms with Crippen LogP contribution in [0.25, 0.3) is 0 Å². The van der Waals surface area contributed by atoms with Gasteiger partial charge in [-0.05, 0) is 33.6 Å². The van der Waals surface area contributed by atoms with Crippen LogP contribution in [0.4, 0.5) is 4.39 Å². The van der Waals surface area contributed by atoms with E-state index in [9.17, 15) is 9.50 Å². The molecular weight excluding hydrogens is 303 g/mol. The van der Waals surface area contributed by atoms with Crippen LogP contribution in [0.15, 0.2) is 39.6 Å². The number of halogens is 2. The largest absolute Gasteiger partial charge is 0.494 e. The second kappa shape index (κ2) is 5.54. The summed E-state index contributed by atoms with van der Waals surface area (Å²) in [5.41, 5.74) is 0.993. The van der Waals surface area contributed by atoms with E-state index in [0.717, 1.165) is 0 Å². The first-order valence-corrected chi connectivity index (χ1v) is 6.15. The fourth-order valence-electron chi connectivity index (χ4n) is 1.73. The molecule has 0 spiro atoms. The van der Waals surface area contributed by atoms with Gasteiger partial charge in [-0.2, -0.15) is 0 Å². The van der Waals surface area contributed by atoms with Gasteiger partial charge >= 0.3 is 0 Å². The lowest BCUT2D eigenvalue weighted by molar-refractivity contribution is 0.174. The van der Waals surface area contributed by atoms with Crippen LogP contribution in [0.1, 0.15) is 17.2 Å². The van der Waals surface area contributed by atoms with E-state index in [1.54, 1.807) is 24.3 Å². The molecule has 0 aliphatic carbocycles. The van der Waals surface area contributed by atoms with Gasteiger partial charge in [0.1, 0.15) is 0 Å². The first kappa shape index (κ1) is 13.1. The molecule has 0 bridgehead atoms. The summed E-state index contributed by atoms with van der Waals surface area (Å²) in [5, 5.41) is 10.0. The molecule has 2 rings (SSSR count). The molecule has 1 unspecified atom stereocenters. The number of hydrogen-bond acceptors (Lipinski definition) is 3. The molecule has 1 heterocycles. The van der Waals surface area contributed by atoms with Gasteiger partial charge in [0.15, 0.2) is 16.2 Å². The second-order valence-corrected chi connectivity index (χ2v) is 4.52. The minimum Gasteiger partial charge on any atom is -0.494 e. The highest BCUT2D eigenvalue weighted by atomic mass is 79.9. The molecule has 0 fully saturated rings. The van der Waals surface area contributed by atoms with Gasteiger partial charge in [0.2, 0.25) is 0 Å². The Morgan fingerprint density at radius 2 is 2.22 bits per heavy atom. The third kappa shape index (κ3) is 2.57. The summed E-state index contributed by atoms with van der Waals surface area (Å²) < 4.78 is 24.3. The van der Waals surface area contributed by atoms with Gasteiger partial charge in [0.25, 0.3) is 0 Å². The first-order valence-electron chi connectivity index (χ1n) is 5.35. The fourth-order valence-corrected chi connectivity index (χ4v) is 2.24. The van der Waals surface area contributed by atoms with Crippen LogP contribution in [0.5, 0.6) is 5.75 Å². The lowest BCUT2D eigenvalue weighted by Crippen LogP contribution is -2.04. The summed E-state index contributed by atoms with van der Waals surface area (Å²) in [6.07, 6.45) is 0.783. The minimum atomic E-state index is -0.834. The third-order valence-electron chi connectivity index (χ3n) is 2.68. The quantitative estimate of drug-likeness (QED) is 0.939. The van der Waals surface area contributed by atoms with Gasteiger partial charge in [-0.25, -0.2) is 4.39 Å². The molecule has 0 aliphatic heterocycles. The van der Waals surface area contributed by atoms with Crippen molar-refractivity contribution in [2.45, 2.75) is 12.5 Å². The van der Waals surface area contributed by atoms with E-state index in [1.165, 1.54) is 13.4 Å². The number of hydrogen-bond donors (Lipinski definition) is 1. The maximum atomic E-state index is 13.9. The van der Waals surface area contributed by atoms with Crippen molar-refractivity contribution in [2.75, 3.05) is 7.11 Å². The molecule has 1 atom stereocenters. The Morgan fingerprint density at radius 1 is 1.44 bits per heavy atom. The smallest absolute Gasteiger partial charge is 0.174 e. The van der Waals surface area contributed by atoms with Crippen molar-refractivity contribution in [3.05, 3.63) is 52.1 Å². The molecule has 3 nitrogen and oxygen atoms in total. The molecule has 0 saturated carbocycles. The second-order valence-electron chi connectivity index (χ2n) is 3.80. The van der Waals surface area contributed by atoms with E-state index in [1.807, 2.05) is 0 Å². The van der Waals surface area contributed by atoms with Crippen molar-refractivity contribution in [3.8, 4) is 5.75 Å². The van der Waals surface area contributed by atoms with Crippen molar-refractivity contribution >= 4 is 15.9 Å². The molecule has 0 amide bonds. The molecule has 0 saturated heterocycles. The Bertz CT molecular complexity index is 539. The van der Waals surface area contributed by atoms with E-state index in [0.29, 0.717) is 15.8 Å². The third-order valence-corrected chi connectivity index (χ3v) is 3.33. The van der Waals surface area contributed by atoms with Crippen molar-refractivity contribution < 1.29 is 18.7 Å². The zero-order chi connectivity index (χ0) is 13.1. The molecule has 1 aromatic heterocycles. The number of methoxy groups -OCH3 is 1. The van der Waals surface area contributed by atoms with Crippen LogP contribution in [0.2, 0.25) is 0 Å². The number of rotatable bonds is 4. The Hall–Kier alpha value is -1.33. The maximum Gasteiger partial charge on any atom is 0.174 e. The van der Waals surface area contributed by atoms with Gasteiger partial charge in [-0.3, -0.25) is 0 Å². The van der Waals surface area contributed by atoms with Crippen molar-refractivity contribution in [1.82, 2.24) is 0 Å². The molecule has 5 heteroatoms. The van der Waals surface area contributed by atoms with Gasteiger partial charge in [0.05, 0.1) is 19.5 Å². The predicted molar refractivity (Wildman–Crippen MR) is 68.0 cm³/mol. The monoisotopic (exact) mass is 314 g/mol. The number of benzene rings is 1. The minimum absolute atomic E-state index is 0.154. The molecular formula is C13H12BrFO3. The molecule has 0 radical (unpaired) electrons. The molecule has 2 aromatic rings. The zero-order valence-electron chi connectivity index (χ0n) is 9.69. The lowest BCUT2D eigenvalue weighted by atomic mass is 10.0. The van der Waals surface area contributed by atoms with Gasteiger partial charge in [-0.1, -0.05) is 12.1 Å². The Labute approximate surface area is 112 Å². The summed E-state index contributed by atoms with van der Waals surface area (Å²) in [5.74, 6) is -0.273. The van der Waals surface area contributed by atoms with Crippen LogP contribution in [-0.4, -0.2) is 12.2 Å². The Morgan fingerprint density at radius 3 is 2.83 bits per heavy atom. The average Bonchev–Trinajstić information content (AvgIpc) is 2.78. The van der Waals surface area contributed by atoms with Gasteiger partial charge < -0.3 is 14.3 Å². The van der Waals surface area contributed by atoms with Crippen molar-refractivity contribution in [2.24, 2.45) is 0 Å². The summed E-state index contributed by atoms with van der Waals surface area (Å²) in [6.45, 7) is 0. The number of aliphatic hydroxyl groups is 1. The molecule has 1 aromatic carbocycles. The van der Waals surface area contributed by atoms with E-state index >= 15 is 0 Å².